The van der Waals surface area contributed by atoms with E-state index in [2.05, 4.69) is 12.6 Å². The molecule has 7 heteroatoms. The highest BCUT2D eigenvalue weighted by Crippen LogP contribution is 2.53. The molecule has 2 aromatic rings. The van der Waals surface area contributed by atoms with E-state index in [-0.39, 0.29) is 40.9 Å². The molecular formula is C21H21NO4S2. The molecule has 1 aliphatic rings. The van der Waals surface area contributed by atoms with Gasteiger partial charge in [0.15, 0.2) is 23.8 Å². The molecule has 0 spiro atoms. The average molecular weight is 416 g/mol. The van der Waals surface area contributed by atoms with Crippen molar-refractivity contribution in [2.45, 2.75) is 33.1 Å². The topological polar surface area (TPSA) is 92.1 Å². The Bertz CT molecular complexity index is 1030. The van der Waals surface area contributed by atoms with Gasteiger partial charge >= 0.3 is 0 Å². The molecule has 1 aliphatic carbocycles. The van der Waals surface area contributed by atoms with Crippen LogP contribution in [0, 0.1) is 23.2 Å². The third kappa shape index (κ3) is 3.07. The standard InChI is InChI=1S/C21H21NO4S2/c1-2-17-15-21(16-18(17)13-14-22,27(23,24)19-9-5-3-6-10-19)28(25,26)20-11-7-4-8-12-20/h2-12,17-18H,1,13,15-16H2/t17-,18-/m0/s1. The van der Waals surface area contributed by atoms with Gasteiger partial charge in [-0.1, -0.05) is 42.5 Å². The summed E-state index contributed by atoms with van der Waals surface area (Å²) in [6, 6.07) is 17.4. The average Bonchev–Trinajstić information content (AvgIpc) is 3.10. The highest BCUT2D eigenvalue weighted by atomic mass is 32.3. The minimum absolute atomic E-state index is 0.0325. The number of hydrogen-bond donors (Lipinski definition) is 0. The zero-order chi connectivity index (χ0) is 20.4. The molecule has 0 bridgehead atoms. The van der Waals surface area contributed by atoms with Crippen molar-refractivity contribution in [3.8, 4) is 6.07 Å². The fourth-order valence-corrected chi connectivity index (χ4v) is 9.30. The summed E-state index contributed by atoms with van der Waals surface area (Å²) in [7, 11) is -8.49. The van der Waals surface area contributed by atoms with E-state index in [0.29, 0.717) is 0 Å². The summed E-state index contributed by atoms with van der Waals surface area (Å²) < 4.78 is 52.7. The van der Waals surface area contributed by atoms with Crippen molar-refractivity contribution in [3.63, 3.8) is 0 Å². The van der Waals surface area contributed by atoms with E-state index in [1.807, 2.05) is 0 Å². The molecule has 1 fully saturated rings. The van der Waals surface area contributed by atoms with E-state index in [0.717, 1.165) is 0 Å². The van der Waals surface area contributed by atoms with Crippen LogP contribution in [0.1, 0.15) is 19.3 Å². The molecule has 0 radical (unpaired) electrons. The maximum Gasteiger partial charge on any atom is 0.198 e. The van der Waals surface area contributed by atoms with Crippen LogP contribution in [0.25, 0.3) is 0 Å². The fraction of sp³-hybridized carbons (Fsp3) is 0.286. The Kier molecular flexibility index (Phi) is 5.46. The van der Waals surface area contributed by atoms with Crippen molar-refractivity contribution in [1.29, 1.82) is 5.26 Å². The Labute approximate surface area is 166 Å². The van der Waals surface area contributed by atoms with E-state index in [1.165, 1.54) is 24.3 Å². The first-order chi connectivity index (χ1) is 13.3. The van der Waals surface area contributed by atoms with Gasteiger partial charge in [-0.05, 0) is 48.9 Å². The number of nitriles is 1. The van der Waals surface area contributed by atoms with Crippen molar-refractivity contribution < 1.29 is 16.8 Å². The molecule has 0 N–H and O–H groups in total. The lowest BCUT2D eigenvalue weighted by Crippen LogP contribution is -2.44. The summed E-state index contributed by atoms with van der Waals surface area (Å²) in [5, 5.41) is 9.17. The Morgan fingerprint density at radius 2 is 1.39 bits per heavy atom. The Balaban J connectivity index is 2.28. The second-order valence-corrected chi connectivity index (χ2v) is 11.8. The maximum absolute atomic E-state index is 13.7. The Morgan fingerprint density at radius 3 is 1.79 bits per heavy atom. The van der Waals surface area contributed by atoms with Crippen LogP contribution in [0.3, 0.4) is 0 Å². The molecule has 28 heavy (non-hydrogen) atoms. The van der Waals surface area contributed by atoms with Gasteiger partial charge in [0.1, 0.15) is 0 Å². The van der Waals surface area contributed by atoms with Gasteiger partial charge in [0.2, 0.25) is 0 Å². The van der Waals surface area contributed by atoms with Crippen LogP contribution in [-0.2, 0) is 19.7 Å². The van der Waals surface area contributed by atoms with Gasteiger partial charge in [0, 0.05) is 6.42 Å². The molecular weight excluding hydrogens is 394 g/mol. The van der Waals surface area contributed by atoms with Gasteiger partial charge < -0.3 is 0 Å². The minimum atomic E-state index is -4.25. The van der Waals surface area contributed by atoms with Gasteiger partial charge in [-0.15, -0.1) is 6.58 Å². The molecule has 2 atom stereocenters. The molecule has 0 aliphatic heterocycles. The van der Waals surface area contributed by atoms with Crippen molar-refractivity contribution >= 4 is 19.7 Å². The van der Waals surface area contributed by atoms with Gasteiger partial charge in [0.05, 0.1) is 15.9 Å². The molecule has 1 saturated carbocycles. The predicted octanol–water partition coefficient (Wildman–Crippen LogP) is 3.76. The molecule has 0 saturated heterocycles. The third-order valence-corrected chi connectivity index (χ3v) is 11.2. The van der Waals surface area contributed by atoms with E-state index in [1.54, 1.807) is 42.5 Å². The van der Waals surface area contributed by atoms with E-state index >= 15 is 0 Å². The summed E-state index contributed by atoms with van der Waals surface area (Å²) in [6.07, 6.45) is 1.40. The van der Waals surface area contributed by atoms with Crippen LogP contribution in [0.2, 0.25) is 0 Å². The minimum Gasteiger partial charge on any atom is -0.222 e. The molecule has 0 unspecified atom stereocenters. The first-order valence-corrected chi connectivity index (χ1v) is 11.9. The summed E-state index contributed by atoms with van der Waals surface area (Å²) >= 11 is 0. The lowest BCUT2D eigenvalue weighted by Gasteiger charge is -2.29. The fourth-order valence-electron chi connectivity index (χ4n) is 3.99. The molecule has 5 nitrogen and oxygen atoms in total. The van der Waals surface area contributed by atoms with Crippen LogP contribution >= 0.6 is 0 Å². The second kappa shape index (κ2) is 7.53. The van der Waals surface area contributed by atoms with Crippen molar-refractivity contribution in [1.82, 2.24) is 0 Å². The lowest BCUT2D eigenvalue weighted by molar-refractivity contribution is 0.468. The smallest absolute Gasteiger partial charge is 0.198 e. The molecule has 0 heterocycles. The molecule has 0 amide bonds. The van der Waals surface area contributed by atoms with Crippen molar-refractivity contribution in [3.05, 3.63) is 73.3 Å². The number of benzene rings is 2. The zero-order valence-corrected chi connectivity index (χ0v) is 16.9. The van der Waals surface area contributed by atoms with Gasteiger partial charge in [-0.25, -0.2) is 16.8 Å². The van der Waals surface area contributed by atoms with Crippen LogP contribution in [0.15, 0.2) is 83.1 Å². The van der Waals surface area contributed by atoms with Crippen LogP contribution < -0.4 is 0 Å². The van der Waals surface area contributed by atoms with Gasteiger partial charge in [-0.3, -0.25) is 0 Å². The van der Waals surface area contributed by atoms with Gasteiger partial charge in [0.25, 0.3) is 0 Å². The van der Waals surface area contributed by atoms with Gasteiger partial charge in [-0.2, -0.15) is 5.26 Å². The Hall–Kier alpha value is -2.43. The van der Waals surface area contributed by atoms with Crippen LogP contribution in [0.5, 0.6) is 0 Å². The summed E-state index contributed by atoms with van der Waals surface area (Å²) in [5.41, 5.74) is 0. The van der Waals surface area contributed by atoms with Crippen molar-refractivity contribution in [2.24, 2.45) is 11.8 Å². The van der Waals surface area contributed by atoms with Crippen LogP contribution in [-0.4, -0.2) is 20.9 Å². The molecule has 2 aromatic carbocycles. The first-order valence-electron chi connectivity index (χ1n) is 8.89. The highest BCUT2D eigenvalue weighted by molar-refractivity contribution is 8.10. The second-order valence-electron chi connectivity index (χ2n) is 6.97. The lowest BCUT2D eigenvalue weighted by atomic mass is 9.94. The number of nitrogens with zero attached hydrogens (tertiary/aromatic N) is 1. The first kappa shape index (κ1) is 20.3. The number of rotatable bonds is 6. The highest BCUT2D eigenvalue weighted by Gasteiger charge is 2.61. The Morgan fingerprint density at radius 1 is 0.929 bits per heavy atom. The quantitative estimate of drug-likeness (QED) is 0.670. The third-order valence-electron chi connectivity index (χ3n) is 5.47. The molecule has 146 valence electrons. The summed E-state index contributed by atoms with van der Waals surface area (Å²) in [4.78, 5) is -0.0650. The van der Waals surface area contributed by atoms with E-state index in [9.17, 15) is 16.8 Å². The SMILES string of the molecule is C=C[C@H]1CC(S(=O)(=O)c2ccccc2)(S(=O)(=O)c2ccccc2)C[C@@H]1CC#N. The maximum atomic E-state index is 13.7. The number of hydrogen-bond acceptors (Lipinski definition) is 5. The van der Waals surface area contributed by atoms with E-state index < -0.39 is 23.8 Å². The number of sulfone groups is 2. The molecule has 3 rings (SSSR count). The van der Waals surface area contributed by atoms with Crippen LogP contribution in [0.4, 0.5) is 0 Å². The summed E-state index contributed by atoms with van der Waals surface area (Å²) in [5.74, 6) is -0.768. The summed E-state index contributed by atoms with van der Waals surface area (Å²) in [6.45, 7) is 3.75. The van der Waals surface area contributed by atoms with Crippen molar-refractivity contribution in [2.75, 3.05) is 0 Å². The zero-order valence-electron chi connectivity index (χ0n) is 15.2. The number of allylic oxidation sites excluding steroid dienone is 1. The normalized spacial score (nSPS) is 21.7. The molecule has 0 aromatic heterocycles. The monoisotopic (exact) mass is 415 g/mol. The predicted molar refractivity (Wildman–Crippen MR) is 107 cm³/mol. The largest absolute Gasteiger partial charge is 0.222 e. The van der Waals surface area contributed by atoms with E-state index in [4.69, 9.17) is 5.26 Å².